The van der Waals surface area contributed by atoms with Crippen LogP contribution in [0, 0.1) is 6.92 Å². The van der Waals surface area contributed by atoms with Crippen molar-refractivity contribution in [2.75, 3.05) is 32.7 Å². The first-order chi connectivity index (χ1) is 11.1. The van der Waals surface area contributed by atoms with Gasteiger partial charge >= 0.3 is 5.97 Å². The molecule has 23 heavy (non-hydrogen) atoms. The van der Waals surface area contributed by atoms with Crippen LogP contribution in [-0.2, 0) is 13.0 Å². The number of aromatic carboxylic acids is 1. The zero-order valence-corrected chi connectivity index (χ0v) is 13.9. The standard InChI is InChI=1S/C18H25N3O2/c1-3-21-12-14(4-7-20-8-5-19-6-9-20)16-11-15(18(22)23)10-13(2)17(16)21/h10-12,19H,3-9H2,1-2H3,(H,22,23). The number of hydrogen-bond acceptors (Lipinski definition) is 3. The molecular weight excluding hydrogens is 290 g/mol. The monoisotopic (exact) mass is 315 g/mol. The highest BCUT2D eigenvalue weighted by Crippen LogP contribution is 2.27. The van der Waals surface area contributed by atoms with Gasteiger partial charge in [-0.1, -0.05) is 0 Å². The number of hydrogen-bond donors (Lipinski definition) is 2. The van der Waals surface area contributed by atoms with E-state index < -0.39 is 5.97 Å². The Hall–Kier alpha value is -1.85. The molecule has 0 atom stereocenters. The number of rotatable bonds is 5. The molecule has 2 N–H and O–H groups in total. The molecular formula is C18H25N3O2. The number of piperazine rings is 1. The second-order valence-electron chi connectivity index (χ2n) is 6.28. The fraction of sp³-hybridized carbons (Fsp3) is 0.500. The lowest BCUT2D eigenvalue weighted by Gasteiger charge is -2.26. The van der Waals surface area contributed by atoms with E-state index in [-0.39, 0.29) is 0 Å². The predicted molar refractivity (Wildman–Crippen MR) is 92.3 cm³/mol. The van der Waals surface area contributed by atoms with Gasteiger partial charge in [0.25, 0.3) is 0 Å². The molecule has 1 aromatic carbocycles. The minimum Gasteiger partial charge on any atom is -0.478 e. The molecule has 1 saturated heterocycles. The van der Waals surface area contributed by atoms with Crippen LogP contribution in [0.25, 0.3) is 10.9 Å². The highest BCUT2D eigenvalue weighted by molar-refractivity contribution is 5.96. The van der Waals surface area contributed by atoms with E-state index in [2.05, 4.69) is 27.9 Å². The van der Waals surface area contributed by atoms with Crippen LogP contribution in [0.4, 0.5) is 0 Å². The van der Waals surface area contributed by atoms with Gasteiger partial charge in [0.05, 0.1) is 11.1 Å². The summed E-state index contributed by atoms with van der Waals surface area (Å²) >= 11 is 0. The van der Waals surface area contributed by atoms with Gasteiger partial charge in [0.1, 0.15) is 0 Å². The van der Waals surface area contributed by atoms with Crippen molar-refractivity contribution in [3.05, 3.63) is 35.0 Å². The van der Waals surface area contributed by atoms with Crippen LogP contribution in [0.3, 0.4) is 0 Å². The maximum Gasteiger partial charge on any atom is 0.335 e. The van der Waals surface area contributed by atoms with Crippen molar-refractivity contribution in [3.8, 4) is 0 Å². The average molecular weight is 315 g/mol. The molecule has 1 aliphatic rings. The third-order valence-electron chi connectivity index (χ3n) is 4.74. The maximum absolute atomic E-state index is 11.4. The van der Waals surface area contributed by atoms with Crippen LogP contribution < -0.4 is 5.32 Å². The number of aromatic nitrogens is 1. The lowest BCUT2D eigenvalue weighted by molar-refractivity contribution is 0.0697. The smallest absolute Gasteiger partial charge is 0.335 e. The lowest BCUT2D eigenvalue weighted by atomic mass is 10.0. The molecule has 5 heteroatoms. The topological polar surface area (TPSA) is 57.5 Å². The van der Waals surface area contributed by atoms with E-state index in [0.29, 0.717) is 5.56 Å². The number of benzene rings is 1. The van der Waals surface area contributed by atoms with Gasteiger partial charge in [-0.15, -0.1) is 0 Å². The highest BCUT2D eigenvalue weighted by Gasteiger charge is 2.16. The number of carboxylic acids is 1. The lowest BCUT2D eigenvalue weighted by Crippen LogP contribution is -2.44. The highest BCUT2D eigenvalue weighted by atomic mass is 16.4. The van der Waals surface area contributed by atoms with Crippen LogP contribution in [0.15, 0.2) is 18.3 Å². The molecule has 0 saturated carbocycles. The summed E-state index contributed by atoms with van der Waals surface area (Å²) in [5, 5.41) is 13.8. The fourth-order valence-electron chi connectivity index (χ4n) is 3.51. The van der Waals surface area contributed by atoms with Crippen LogP contribution in [-0.4, -0.2) is 53.3 Å². The Morgan fingerprint density at radius 3 is 2.70 bits per heavy atom. The van der Waals surface area contributed by atoms with E-state index in [0.717, 1.165) is 56.6 Å². The number of carbonyl (C=O) groups is 1. The van der Waals surface area contributed by atoms with E-state index in [1.807, 2.05) is 13.0 Å². The van der Waals surface area contributed by atoms with Crippen molar-refractivity contribution in [2.45, 2.75) is 26.8 Å². The summed E-state index contributed by atoms with van der Waals surface area (Å²) < 4.78 is 2.24. The molecule has 1 aliphatic heterocycles. The van der Waals surface area contributed by atoms with Gasteiger partial charge in [0.2, 0.25) is 0 Å². The molecule has 3 rings (SSSR count). The summed E-state index contributed by atoms with van der Waals surface area (Å²) in [4.78, 5) is 13.8. The molecule has 0 bridgehead atoms. The van der Waals surface area contributed by atoms with Gasteiger partial charge < -0.3 is 19.9 Å². The van der Waals surface area contributed by atoms with E-state index in [1.54, 1.807) is 6.07 Å². The maximum atomic E-state index is 11.4. The summed E-state index contributed by atoms with van der Waals surface area (Å²) in [5.74, 6) is -0.854. The van der Waals surface area contributed by atoms with E-state index in [4.69, 9.17) is 0 Å². The third kappa shape index (κ3) is 3.26. The van der Waals surface area contributed by atoms with E-state index >= 15 is 0 Å². The number of carboxylic acid groups (broad SMARTS) is 1. The predicted octanol–water partition coefficient (Wildman–Crippen LogP) is 2.12. The number of nitrogens with one attached hydrogen (secondary N) is 1. The second-order valence-corrected chi connectivity index (χ2v) is 6.28. The Morgan fingerprint density at radius 1 is 1.30 bits per heavy atom. The molecule has 2 heterocycles. The first kappa shape index (κ1) is 16.0. The molecule has 0 aliphatic carbocycles. The Balaban J connectivity index is 1.93. The zero-order chi connectivity index (χ0) is 16.4. The Kier molecular flexibility index (Phi) is 4.68. The minimum atomic E-state index is -0.854. The summed E-state index contributed by atoms with van der Waals surface area (Å²) in [6.07, 6.45) is 3.16. The van der Waals surface area contributed by atoms with Crippen LogP contribution in [0.2, 0.25) is 0 Å². The quantitative estimate of drug-likeness (QED) is 0.887. The first-order valence-electron chi connectivity index (χ1n) is 8.39. The van der Waals surface area contributed by atoms with Gasteiger partial charge in [-0.2, -0.15) is 0 Å². The van der Waals surface area contributed by atoms with Crippen molar-refractivity contribution in [3.63, 3.8) is 0 Å². The molecule has 0 unspecified atom stereocenters. The van der Waals surface area contributed by atoms with E-state index in [1.165, 1.54) is 11.1 Å². The SMILES string of the molecule is CCn1cc(CCN2CCNCC2)c2cc(C(=O)O)cc(C)c21. The summed E-state index contributed by atoms with van der Waals surface area (Å²) in [5.41, 5.74) is 3.85. The minimum absolute atomic E-state index is 0.382. The first-order valence-corrected chi connectivity index (χ1v) is 8.39. The molecule has 124 valence electrons. The second kappa shape index (κ2) is 6.72. The molecule has 0 spiro atoms. The van der Waals surface area contributed by atoms with Crippen molar-refractivity contribution in [1.29, 1.82) is 0 Å². The zero-order valence-electron chi connectivity index (χ0n) is 13.9. The van der Waals surface area contributed by atoms with Crippen molar-refractivity contribution in [2.24, 2.45) is 0 Å². The normalized spacial score (nSPS) is 16.1. The van der Waals surface area contributed by atoms with Crippen LogP contribution >= 0.6 is 0 Å². The van der Waals surface area contributed by atoms with Crippen LogP contribution in [0.5, 0.6) is 0 Å². The molecule has 0 radical (unpaired) electrons. The summed E-state index contributed by atoms with van der Waals surface area (Å²) in [7, 11) is 0. The van der Waals surface area contributed by atoms with Gasteiger partial charge in [0.15, 0.2) is 0 Å². The molecule has 0 amide bonds. The molecule has 2 aromatic rings. The molecule has 5 nitrogen and oxygen atoms in total. The Morgan fingerprint density at radius 2 is 2.04 bits per heavy atom. The largest absolute Gasteiger partial charge is 0.478 e. The number of aryl methyl sites for hydroxylation is 2. The van der Waals surface area contributed by atoms with Gasteiger partial charge in [-0.05, 0) is 43.5 Å². The Bertz CT molecular complexity index is 715. The average Bonchev–Trinajstić information content (AvgIpc) is 2.92. The van der Waals surface area contributed by atoms with E-state index in [9.17, 15) is 9.90 Å². The van der Waals surface area contributed by atoms with Gasteiger partial charge in [-0.25, -0.2) is 4.79 Å². The van der Waals surface area contributed by atoms with Crippen molar-refractivity contribution >= 4 is 16.9 Å². The number of nitrogens with zero attached hydrogens (tertiary/aromatic N) is 2. The van der Waals surface area contributed by atoms with Crippen molar-refractivity contribution < 1.29 is 9.90 Å². The molecule has 1 aromatic heterocycles. The summed E-state index contributed by atoms with van der Waals surface area (Å²) in [6, 6.07) is 3.61. The Labute approximate surface area is 136 Å². The van der Waals surface area contributed by atoms with Gasteiger partial charge in [0, 0.05) is 50.9 Å². The third-order valence-corrected chi connectivity index (χ3v) is 4.74. The van der Waals surface area contributed by atoms with Crippen LogP contribution in [0.1, 0.15) is 28.4 Å². The van der Waals surface area contributed by atoms with Crippen molar-refractivity contribution in [1.82, 2.24) is 14.8 Å². The number of fused-ring (bicyclic) bond motifs is 1. The van der Waals surface area contributed by atoms with Gasteiger partial charge in [-0.3, -0.25) is 0 Å². The summed E-state index contributed by atoms with van der Waals surface area (Å²) in [6.45, 7) is 10.3. The fourth-order valence-corrected chi connectivity index (χ4v) is 3.51. The molecule has 1 fully saturated rings.